The first-order valence-electron chi connectivity index (χ1n) is 5.81. The topological polar surface area (TPSA) is 33.2 Å². The summed E-state index contributed by atoms with van der Waals surface area (Å²) in [6.07, 6.45) is 5.41. The molecule has 86 valence electrons. The summed E-state index contributed by atoms with van der Waals surface area (Å²) in [6, 6.07) is 1.94. The van der Waals surface area contributed by atoms with E-state index in [4.69, 9.17) is 0 Å². The van der Waals surface area contributed by atoms with E-state index >= 15 is 0 Å². The Morgan fingerprint density at radius 1 is 1.56 bits per heavy atom. The molecule has 1 aromatic heterocycles. The van der Waals surface area contributed by atoms with Crippen LogP contribution in [0, 0.1) is 5.41 Å². The van der Waals surface area contributed by atoms with Crippen molar-refractivity contribution < 1.29 is 4.79 Å². The lowest BCUT2D eigenvalue weighted by Gasteiger charge is -2.28. The van der Waals surface area contributed by atoms with Gasteiger partial charge < -0.3 is 4.90 Å². The maximum atomic E-state index is 12.4. The molecule has 0 saturated carbocycles. The van der Waals surface area contributed by atoms with E-state index in [2.05, 4.69) is 11.9 Å². The van der Waals surface area contributed by atoms with Crippen LogP contribution in [0.5, 0.6) is 0 Å². The fourth-order valence-corrected chi connectivity index (χ4v) is 1.96. The summed E-state index contributed by atoms with van der Waals surface area (Å²) in [7, 11) is 0. The minimum absolute atomic E-state index is 0.222. The Morgan fingerprint density at radius 2 is 2.31 bits per heavy atom. The highest BCUT2D eigenvalue weighted by Crippen LogP contribution is 2.32. The van der Waals surface area contributed by atoms with Crippen LogP contribution in [0.15, 0.2) is 18.5 Å². The normalized spacial score (nSPS) is 15.1. The van der Waals surface area contributed by atoms with Gasteiger partial charge in [-0.05, 0) is 24.5 Å². The van der Waals surface area contributed by atoms with Crippen molar-refractivity contribution in [3.63, 3.8) is 0 Å². The maximum absolute atomic E-state index is 12.4. The van der Waals surface area contributed by atoms with Gasteiger partial charge in [0.05, 0.1) is 0 Å². The second-order valence-corrected chi connectivity index (χ2v) is 4.95. The van der Waals surface area contributed by atoms with Crippen LogP contribution in [-0.2, 0) is 11.2 Å². The quantitative estimate of drug-likeness (QED) is 0.763. The van der Waals surface area contributed by atoms with Gasteiger partial charge in [0.2, 0.25) is 5.91 Å². The van der Waals surface area contributed by atoms with Crippen LogP contribution in [0.1, 0.15) is 32.8 Å². The molecule has 2 heterocycles. The van der Waals surface area contributed by atoms with Gasteiger partial charge in [-0.15, -0.1) is 0 Å². The lowest BCUT2D eigenvalue weighted by atomic mass is 9.88. The Hall–Kier alpha value is -1.38. The second-order valence-electron chi connectivity index (χ2n) is 4.95. The molecule has 0 aliphatic carbocycles. The Morgan fingerprint density at radius 3 is 3.00 bits per heavy atom. The molecule has 1 amide bonds. The fraction of sp³-hybridized carbons (Fsp3) is 0.538. The number of nitrogens with zero attached hydrogens (tertiary/aromatic N) is 2. The van der Waals surface area contributed by atoms with Gasteiger partial charge in [-0.1, -0.05) is 20.8 Å². The van der Waals surface area contributed by atoms with E-state index in [1.54, 1.807) is 6.20 Å². The monoisotopic (exact) mass is 218 g/mol. The molecule has 0 atom stereocenters. The van der Waals surface area contributed by atoms with E-state index in [0.717, 1.165) is 25.1 Å². The van der Waals surface area contributed by atoms with E-state index in [1.165, 1.54) is 5.56 Å². The lowest BCUT2D eigenvalue weighted by molar-refractivity contribution is -0.126. The highest BCUT2D eigenvalue weighted by Gasteiger charge is 2.34. The van der Waals surface area contributed by atoms with Gasteiger partial charge in [0.1, 0.15) is 0 Å². The van der Waals surface area contributed by atoms with Crippen LogP contribution in [-0.4, -0.2) is 17.4 Å². The third-order valence-electron chi connectivity index (χ3n) is 3.48. The highest BCUT2D eigenvalue weighted by atomic mass is 16.2. The zero-order chi connectivity index (χ0) is 11.8. The molecule has 0 radical (unpaired) electrons. The standard InChI is InChI=1S/C13H18N2O/c1-4-13(2,3)12(16)15-8-6-10-9-14-7-5-11(10)15/h5,7,9H,4,6,8H2,1-3H3. The Balaban J connectivity index is 2.29. The van der Waals surface area contributed by atoms with Gasteiger partial charge >= 0.3 is 0 Å². The molecule has 1 aliphatic rings. The molecular formula is C13H18N2O. The summed E-state index contributed by atoms with van der Waals surface area (Å²) < 4.78 is 0. The molecular weight excluding hydrogens is 200 g/mol. The number of hydrogen-bond donors (Lipinski definition) is 0. The molecule has 16 heavy (non-hydrogen) atoms. The van der Waals surface area contributed by atoms with Gasteiger partial charge in [-0.25, -0.2) is 0 Å². The van der Waals surface area contributed by atoms with Gasteiger partial charge in [-0.2, -0.15) is 0 Å². The van der Waals surface area contributed by atoms with Gasteiger partial charge in [0.25, 0.3) is 0 Å². The number of fused-ring (bicyclic) bond motifs is 1. The van der Waals surface area contributed by atoms with Crippen molar-refractivity contribution in [2.75, 3.05) is 11.4 Å². The minimum atomic E-state index is -0.273. The van der Waals surface area contributed by atoms with Crippen LogP contribution in [0.4, 0.5) is 5.69 Å². The van der Waals surface area contributed by atoms with Gasteiger partial charge in [0, 0.05) is 30.0 Å². The van der Waals surface area contributed by atoms with Crippen molar-refractivity contribution in [3.8, 4) is 0 Å². The third-order valence-corrected chi connectivity index (χ3v) is 3.48. The zero-order valence-electron chi connectivity index (χ0n) is 10.2. The number of aromatic nitrogens is 1. The van der Waals surface area contributed by atoms with Crippen LogP contribution in [0.2, 0.25) is 0 Å². The summed E-state index contributed by atoms with van der Waals surface area (Å²) in [4.78, 5) is 18.4. The number of amides is 1. The molecule has 0 saturated heterocycles. The Labute approximate surface area is 96.5 Å². The number of rotatable bonds is 2. The molecule has 3 heteroatoms. The van der Waals surface area contributed by atoms with E-state index in [0.29, 0.717) is 0 Å². The molecule has 0 aromatic carbocycles. The van der Waals surface area contributed by atoms with Crippen molar-refractivity contribution in [3.05, 3.63) is 24.0 Å². The SMILES string of the molecule is CCC(C)(C)C(=O)N1CCc2cnccc21. The number of anilines is 1. The minimum Gasteiger partial charge on any atom is -0.311 e. The van der Waals surface area contributed by atoms with E-state index < -0.39 is 0 Å². The predicted octanol–water partition coefficient (Wildman–Crippen LogP) is 2.41. The fourth-order valence-electron chi connectivity index (χ4n) is 1.96. The number of hydrogen-bond acceptors (Lipinski definition) is 2. The lowest BCUT2D eigenvalue weighted by Crippen LogP contribution is -2.39. The molecule has 1 aromatic rings. The average molecular weight is 218 g/mol. The van der Waals surface area contributed by atoms with E-state index in [1.807, 2.05) is 31.0 Å². The number of pyridine rings is 1. The summed E-state index contributed by atoms with van der Waals surface area (Å²) in [5, 5.41) is 0. The van der Waals surface area contributed by atoms with Crippen LogP contribution in [0.25, 0.3) is 0 Å². The van der Waals surface area contributed by atoms with E-state index in [-0.39, 0.29) is 11.3 Å². The van der Waals surface area contributed by atoms with Gasteiger partial charge in [0.15, 0.2) is 0 Å². The van der Waals surface area contributed by atoms with Crippen molar-refractivity contribution >= 4 is 11.6 Å². The van der Waals surface area contributed by atoms with E-state index in [9.17, 15) is 4.79 Å². The molecule has 0 spiro atoms. The first-order chi connectivity index (χ1) is 7.56. The number of carbonyl (C=O) groups is 1. The first kappa shape index (κ1) is 11.1. The predicted molar refractivity (Wildman–Crippen MR) is 64.4 cm³/mol. The molecule has 3 nitrogen and oxygen atoms in total. The summed E-state index contributed by atoms with van der Waals surface area (Å²) >= 11 is 0. The molecule has 0 unspecified atom stereocenters. The summed E-state index contributed by atoms with van der Waals surface area (Å²) in [5.41, 5.74) is 1.95. The van der Waals surface area contributed by atoms with Crippen LogP contribution >= 0.6 is 0 Å². The average Bonchev–Trinajstić information content (AvgIpc) is 2.71. The highest BCUT2D eigenvalue weighted by molar-refractivity contribution is 5.98. The Bertz CT molecular complexity index is 412. The van der Waals surface area contributed by atoms with Crippen LogP contribution < -0.4 is 4.90 Å². The van der Waals surface area contributed by atoms with Crippen molar-refractivity contribution in [1.82, 2.24) is 4.98 Å². The van der Waals surface area contributed by atoms with Crippen molar-refractivity contribution in [1.29, 1.82) is 0 Å². The largest absolute Gasteiger partial charge is 0.311 e. The molecule has 0 bridgehead atoms. The Kier molecular flexibility index (Phi) is 2.70. The summed E-state index contributed by atoms with van der Waals surface area (Å²) in [5.74, 6) is 0.222. The van der Waals surface area contributed by atoms with Crippen molar-refractivity contribution in [2.45, 2.75) is 33.6 Å². The zero-order valence-corrected chi connectivity index (χ0v) is 10.2. The molecule has 0 fully saturated rings. The van der Waals surface area contributed by atoms with Crippen molar-refractivity contribution in [2.24, 2.45) is 5.41 Å². The number of carbonyl (C=O) groups excluding carboxylic acids is 1. The molecule has 0 N–H and O–H groups in total. The second kappa shape index (κ2) is 3.89. The smallest absolute Gasteiger partial charge is 0.232 e. The first-order valence-corrected chi connectivity index (χ1v) is 5.81. The molecule has 2 rings (SSSR count). The summed E-state index contributed by atoms with van der Waals surface area (Å²) in [6.45, 7) is 6.87. The third kappa shape index (κ3) is 1.70. The van der Waals surface area contributed by atoms with Crippen LogP contribution in [0.3, 0.4) is 0 Å². The molecule has 1 aliphatic heterocycles. The maximum Gasteiger partial charge on any atom is 0.232 e. The van der Waals surface area contributed by atoms with Gasteiger partial charge in [-0.3, -0.25) is 9.78 Å².